The lowest BCUT2D eigenvalue weighted by atomic mass is 10.1. The molecule has 3 N–H and O–H groups in total. The summed E-state index contributed by atoms with van der Waals surface area (Å²) in [6, 6.07) is 7.73. The molecule has 20 heavy (non-hydrogen) atoms. The highest BCUT2D eigenvalue weighted by Crippen LogP contribution is 2.09. The standard InChI is InChI=1S/C13H11N3O4/c14-8-7-9-1-3-10(4-2-9)15-13(20)16-11(17)5-6-12(18)19/h1-6H,7H2,(H,18,19)(H2,15,16,17,20). The largest absolute Gasteiger partial charge is 0.478 e. The fraction of sp³-hybridized carbons (Fsp3) is 0.0769. The van der Waals surface area contributed by atoms with Gasteiger partial charge >= 0.3 is 12.0 Å². The molecule has 0 aliphatic rings. The number of aliphatic carboxylic acids is 1. The Morgan fingerprint density at radius 2 is 1.85 bits per heavy atom. The van der Waals surface area contributed by atoms with Gasteiger partial charge in [0.25, 0.3) is 5.91 Å². The van der Waals surface area contributed by atoms with Gasteiger partial charge in [-0.1, -0.05) is 12.1 Å². The van der Waals surface area contributed by atoms with Gasteiger partial charge in [-0.05, 0) is 17.7 Å². The predicted molar refractivity (Wildman–Crippen MR) is 69.7 cm³/mol. The van der Waals surface area contributed by atoms with E-state index in [2.05, 4.69) is 5.32 Å². The van der Waals surface area contributed by atoms with Crippen molar-refractivity contribution >= 4 is 23.6 Å². The van der Waals surface area contributed by atoms with Crippen LogP contribution >= 0.6 is 0 Å². The molecule has 1 aromatic carbocycles. The predicted octanol–water partition coefficient (Wildman–Crippen LogP) is 1.04. The van der Waals surface area contributed by atoms with Gasteiger partial charge in [0.2, 0.25) is 0 Å². The fourth-order valence-electron chi connectivity index (χ4n) is 1.26. The number of amides is 3. The minimum Gasteiger partial charge on any atom is -0.478 e. The van der Waals surface area contributed by atoms with E-state index in [4.69, 9.17) is 10.4 Å². The van der Waals surface area contributed by atoms with Gasteiger partial charge in [0.1, 0.15) is 0 Å². The maximum atomic E-state index is 11.4. The summed E-state index contributed by atoms with van der Waals surface area (Å²) >= 11 is 0. The fourth-order valence-corrected chi connectivity index (χ4v) is 1.26. The smallest absolute Gasteiger partial charge is 0.328 e. The molecule has 0 unspecified atom stereocenters. The Labute approximate surface area is 114 Å². The zero-order valence-electron chi connectivity index (χ0n) is 10.3. The molecule has 0 bridgehead atoms. The number of nitrogens with zero attached hydrogens (tertiary/aromatic N) is 1. The van der Waals surface area contributed by atoms with Crippen molar-refractivity contribution in [1.29, 1.82) is 5.26 Å². The van der Waals surface area contributed by atoms with E-state index in [1.807, 2.05) is 11.4 Å². The lowest BCUT2D eigenvalue weighted by Crippen LogP contribution is -2.33. The second kappa shape index (κ2) is 7.33. The number of carboxylic acid groups (broad SMARTS) is 1. The quantitative estimate of drug-likeness (QED) is 0.708. The number of hydrogen-bond donors (Lipinski definition) is 3. The first-order valence-electron chi connectivity index (χ1n) is 5.50. The molecule has 1 rings (SSSR count). The van der Waals surface area contributed by atoms with Gasteiger partial charge in [0.05, 0.1) is 12.5 Å². The molecule has 1 aromatic rings. The monoisotopic (exact) mass is 273 g/mol. The van der Waals surface area contributed by atoms with Crippen molar-refractivity contribution in [2.45, 2.75) is 6.42 Å². The van der Waals surface area contributed by atoms with Crippen LogP contribution in [0.3, 0.4) is 0 Å². The summed E-state index contributed by atoms with van der Waals surface area (Å²) in [6.45, 7) is 0. The molecule has 0 aliphatic carbocycles. The highest BCUT2D eigenvalue weighted by Gasteiger charge is 2.05. The second-order valence-electron chi connectivity index (χ2n) is 3.65. The first kappa shape index (κ1) is 14.9. The Bertz CT molecular complexity index is 585. The topological polar surface area (TPSA) is 119 Å². The molecular formula is C13H11N3O4. The van der Waals surface area contributed by atoms with Gasteiger partial charge in [-0.25, -0.2) is 9.59 Å². The molecule has 7 heteroatoms. The maximum Gasteiger partial charge on any atom is 0.328 e. The Morgan fingerprint density at radius 3 is 2.40 bits per heavy atom. The molecule has 0 radical (unpaired) electrons. The zero-order chi connectivity index (χ0) is 15.0. The SMILES string of the molecule is N#CCc1ccc(NC(=O)NC(=O)C=CC(=O)O)cc1. The van der Waals surface area contributed by atoms with Crippen LogP contribution in [0.1, 0.15) is 5.56 Å². The number of imide groups is 1. The Hall–Kier alpha value is -3.14. The van der Waals surface area contributed by atoms with Crippen LogP contribution in [0.15, 0.2) is 36.4 Å². The number of nitrogens with one attached hydrogen (secondary N) is 2. The minimum atomic E-state index is -1.28. The summed E-state index contributed by atoms with van der Waals surface area (Å²) in [7, 11) is 0. The van der Waals surface area contributed by atoms with E-state index in [0.717, 1.165) is 11.6 Å². The number of carbonyl (C=O) groups is 3. The summed E-state index contributed by atoms with van der Waals surface area (Å²) in [5, 5.41) is 21.1. The number of carboxylic acids is 1. The first-order chi connectivity index (χ1) is 9.51. The van der Waals surface area contributed by atoms with Gasteiger partial charge in [-0.2, -0.15) is 5.26 Å². The zero-order valence-corrected chi connectivity index (χ0v) is 10.3. The average Bonchev–Trinajstić information content (AvgIpc) is 2.39. The molecule has 7 nitrogen and oxygen atoms in total. The number of anilines is 1. The minimum absolute atomic E-state index is 0.269. The third-order valence-electron chi connectivity index (χ3n) is 2.11. The van der Waals surface area contributed by atoms with Crippen molar-refractivity contribution in [3.05, 3.63) is 42.0 Å². The van der Waals surface area contributed by atoms with Gasteiger partial charge in [-0.3, -0.25) is 10.1 Å². The van der Waals surface area contributed by atoms with Crippen LogP contribution < -0.4 is 10.6 Å². The molecule has 0 atom stereocenters. The Kier molecular flexibility index (Phi) is 5.47. The molecule has 102 valence electrons. The summed E-state index contributed by atoms with van der Waals surface area (Å²) in [4.78, 5) is 32.7. The van der Waals surface area contributed by atoms with Crippen molar-refractivity contribution in [3.63, 3.8) is 0 Å². The van der Waals surface area contributed by atoms with Crippen molar-refractivity contribution in [2.24, 2.45) is 0 Å². The molecule has 0 aromatic heterocycles. The van der Waals surface area contributed by atoms with E-state index >= 15 is 0 Å². The number of benzene rings is 1. The molecule has 0 heterocycles. The van der Waals surface area contributed by atoms with E-state index in [9.17, 15) is 14.4 Å². The number of nitriles is 1. The average molecular weight is 273 g/mol. The van der Waals surface area contributed by atoms with Crippen LogP contribution in [0.2, 0.25) is 0 Å². The third kappa shape index (κ3) is 5.46. The maximum absolute atomic E-state index is 11.4. The highest BCUT2D eigenvalue weighted by atomic mass is 16.4. The van der Waals surface area contributed by atoms with Crippen molar-refractivity contribution in [3.8, 4) is 6.07 Å². The molecule has 0 aliphatic heterocycles. The number of rotatable bonds is 4. The number of urea groups is 1. The van der Waals surface area contributed by atoms with Gasteiger partial charge in [-0.15, -0.1) is 0 Å². The van der Waals surface area contributed by atoms with Gasteiger partial charge in [0, 0.05) is 17.8 Å². The van der Waals surface area contributed by atoms with E-state index in [-0.39, 0.29) is 6.42 Å². The van der Waals surface area contributed by atoms with Crippen LogP contribution in [0.25, 0.3) is 0 Å². The highest BCUT2D eigenvalue weighted by molar-refractivity contribution is 6.06. The molecule has 0 fully saturated rings. The van der Waals surface area contributed by atoms with Crippen molar-refractivity contribution in [2.75, 3.05) is 5.32 Å². The van der Waals surface area contributed by atoms with Crippen LogP contribution in [0.4, 0.5) is 10.5 Å². The Morgan fingerprint density at radius 1 is 1.20 bits per heavy atom. The third-order valence-corrected chi connectivity index (χ3v) is 2.11. The lowest BCUT2D eigenvalue weighted by molar-refractivity contribution is -0.131. The van der Waals surface area contributed by atoms with Crippen LogP contribution in [-0.4, -0.2) is 23.0 Å². The van der Waals surface area contributed by atoms with Crippen LogP contribution in [-0.2, 0) is 16.0 Å². The Balaban J connectivity index is 2.52. The van der Waals surface area contributed by atoms with Crippen molar-refractivity contribution in [1.82, 2.24) is 5.32 Å². The first-order valence-corrected chi connectivity index (χ1v) is 5.50. The van der Waals surface area contributed by atoms with Gasteiger partial charge in [0.15, 0.2) is 0 Å². The van der Waals surface area contributed by atoms with Crippen LogP contribution in [0, 0.1) is 11.3 Å². The summed E-state index contributed by atoms with van der Waals surface area (Å²) in [5.74, 6) is -2.13. The van der Waals surface area contributed by atoms with Crippen LogP contribution in [0.5, 0.6) is 0 Å². The summed E-state index contributed by atoms with van der Waals surface area (Å²) < 4.78 is 0. The molecule has 0 saturated carbocycles. The number of carbonyl (C=O) groups excluding carboxylic acids is 2. The van der Waals surface area contributed by atoms with Gasteiger partial charge < -0.3 is 10.4 Å². The number of hydrogen-bond acceptors (Lipinski definition) is 4. The second-order valence-corrected chi connectivity index (χ2v) is 3.65. The summed E-state index contributed by atoms with van der Waals surface area (Å²) in [6.07, 6.45) is 1.63. The normalized spacial score (nSPS) is 9.75. The molecule has 3 amide bonds. The van der Waals surface area contributed by atoms with E-state index in [1.54, 1.807) is 24.3 Å². The van der Waals surface area contributed by atoms with E-state index < -0.39 is 17.9 Å². The van der Waals surface area contributed by atoms with E-state index in [1.165, 1.54) is 0 Å². The molecular weight excluding hydrogens is 262 g/mol. The lowest BCUT2D eigenvalue weighted by Gasteiger charge is -2.05. The van der Waals surface area contributed by atoms with E-state index in [0.29, 0.717) is 11.8 Å². The molecule has 0 spiro atoms. The van der Waals surface area contributed by atoms with Crippen molar-refractivity contribution < 1.29 is 19.5 Å². The molecule has 0 saturated heterocycles. The summed E-state index contributed by atoms with van der Waals surface area (Å²) in [5.41, 5.74) is 1.25.